The maximum absolute atomic E-state index is 12.7. The van der Waals surface area contributed by atoms with Gasteiger partial charge in [0.2, 0.25) is 5.78 Å². The first kappa shape index (κ1) is 12.3. The van der Waals surface area contributed by atoms with Gasteiger partial charge in [-0.1, -0.05) is 12.8 Å². The van der Waals surface area contributed by atoms with Crippen LogP contribution in [0.25, 0.3) is 0 Å². The normalized spacial score (nSPS) is 18.8. The lowest BCUT2D eigenvalue weighted by Crippen LogP contribution is -2.49. The summed E-state index contributed by atoms with van der Waals surface area (Å²) in [6, 6.07) is 1.84. The van der Waals surface area contributed by atoms with Crippen molar-refractivity contribution < 1.29 is 4.79 Å². The lowest BCUT2D eigenvalue weighted by Gasteiger charge is -2.34. The van der Waals surface area contributed by atoms with Gasteiger partial charge in [-0.3, -0.25) is 14.4 Å². The number of nitrogens with zero attached hydrogens (tertiary/aromatic N) is 3. The van der Waals surface area contributed by atoms with E-state index in [1.54, 1.807) is 10.9 Å². The summed E-state index contributed by atoms with van der Waals surface area (Å²) < 4.78 is 1.80. The minimum Gasteiger partial charge on any atom is -0.297 e. The van der Waals surface area contributed by atoms with Gasteiger partial charge >= 0.3 is 0 Å². The zero-order chi connectivity index (χ0) is 12.5. The molecule has 0 amide bonds. The highest BCUT2D eigenvalue weighted by molar-refractivity contribution is 6.02. The fraction of sp³-hybridized carbons (Fsp3) is 0.692. The van der Waals surface area contributed by atoms with Crippen LogP contribution >= 0.6 is 0 Å². The monoisotopic (exact) mass is 235 g/mol. The summed E-state index contributed by atoms with van der Waals surface area (Å²) in [6.45, 7) is 2.76. The molecule has 0 atom stereocenters. The predicted octanol–water partition coefficient (Wildman–Crippen LogP) is 1.96. The first-order chi connectivity index (χ1) is 8.12. The summed E-state index contributed by atoms with van der Waals surface area (Å²) in [5, 5.41) is 4.19. The Kier molecular flexibility index (Phi) is 3.33. The zero-order valence-corrected chi connectivity index (χ0v) is 10.9. The second-order valence-electron chi connectivity index (χ2n) is 4.99. The van der Waals surface area contributed by atoms with Crippen molar-refractivity contribution in [1.82, 2.24) is 14.7 Å². The van der Waals surface area contributed by atoms with Gasteiger partial charge in [-0.25, -0.2) is 0 Å². The second-order valence-corrected chi connectivity index (χ2v) is 4.99. The van der Waals surface area contributed by atoms with Crippen molar-refractivity contribution in [2.75, 3.05) is 14.1 Å². The predicted molar refractivity (Wildman–Crippen MR) is 67.1 cm³/mol. The van der Waals surface area contributed by atoms with E-state index in [4.69, 9.17) is 0 Å². The lowest BCUT2D eigenvalue weighted by atomic mass is 9.88. The molecule has 1 heterocycles. The van der Waals surface area contributed by atoms with Crippen LogP contribution in [0.5, 0.6) is 0 Å². The molecule has 1 saturated carbocycles. The van der Waals surface area contributed by atoms with Crippen LogP contribution in [-0.2, 0) is 6.54 Å². The summed E-state index contributed by atoms with van der Waals surface area (Å²) >= 11 is 0. The third-order valence-corrected chi connectivity index (χ3v) is 3.96. The summed E-state index contributed by atoms with van der Waals surface area (Å²) in [4.78, 5) is 14.8. The minimum absolute atomic E-state index is 0.236. The van der Waals surface area contributed by atoms with E-state index in [-0.39, 0.29) is 11.3 Å². The van der Waals surface area contributed by atoms with Crippen molar-refractivity contribution in [3.63, 3.8) is 0 Å². The number of hydrogen-bond acceptors (Lipinski definition) is 3. The van der Waals surface area contributed by atoms with E-state index in [0.717, 1.165) is 37.9 Å². The topological polar surface area (TPSA) is 38.1 Å². The number of carbonyl (C=O) groups excluding carboxylic acids is 1. The molecule has 94 valence electrons. The van der Waals surface area contributed by atoms with E-state index in [9.17, 15) is 4.79 Å². The molecule has 0 radical (unpaired) electrons. The number of aromatic nitrogens is 2. The molecule has 0 spiro atoms. The third kappa shape index (κ3) is 1.90. The molecule has 0 bridgehead atoms. The molecule has 17 heavy (non-hydrogen) atoms. The van der Waals surface area contributed by atoms with Crippen molar-refractivity contribution in [3.05, 3.63) is 18.0 Å². The van der Waals surface area contributed by atoms with Gasteiger partial charge in [0, 0.05) is 12.7 Å². The van der Waals surface area contributed by atoms with E-state index < -0.39 is 0 Å². The van der Waals surface area contributed by atoms with E-state index in [1.165, 1.54) is 0 Å². The highest BCUT2D eigenvalue weighted by Gasteiger charge is 2.44. The Morgan fingerprint density at radius 2 is 2.12 bits per heavy atom. The Morgan fingerprint density at radius 3 is 2.65 bits per heavy atom. The molecule has 0 aromatic carbocycles. The van der Waals surface area contributed by atoms with Gasteiger partial charge in [-0.2, -0.15) is 5.10 Å². The Morgan fingerprint density at radius 1 is 1.47 bits per heavy atom. The zero-order valence-electron chi connectivity index (χ0n) is 10.9. The van der Waals surface area contributed by atoms with Crippen LogP contribution in [0.15, 0.2) is 12.3 Å². The molecule has 0 aliphatic heterocycles. The molecular weight excluding hydrogens is 214 g/mol. The SMILES string of the molecule is CCn1nccc1C(=O)C1(N(C)C)CCCC1. The molecule has 4 nitrogen and oxygen atoms in total. The molecule has 1 fully saturated rings. The van der Waals surface area contributed by atoms with Crippen molar-refractivity contribution >= 4 is 5.78 Å². The number of aryl methyl sites for hydroxylation is 1. The van der Waals surface area contributed by atoms with Gasteiger partial charge in [0.05, 0.1) is 5.54 Å². The summed E-state index contributed by atoms with van der Waals surface area (Å²) in [6.07, 6.45) is 5.94. The smallest absolute Gasteiger partial charge is 0.200 e. The van der Waals surface area contributed by atoms with E-state index >= 15 is 0 Å². The number of likely N-dealkylation sites (N-methyl/N-ethyl adjacent to an activating group) is 1. The Bertz CT molecular complexity index is 403. The molecule has 0 N–H and O–H groups in total. The van der Waals surface area contributed by atoms with Crippen molar-refractivity contribution in [2.45, 2.75) is 44.7 Å². The Labute approximate surface area is 103 Å². The van der Waals surface area contributed by atoms with Crippen LogP contribution in [-0.4, -0.2) is 40.1 Å². The van der Waals surface area contributed by atoms with Gasteiger partial charge in [-0.05, 0) is 39.9 Å². The first-order valence-electron chi connectivity index (χ1n) is 6.36. The largest absolute Gasteiger partial charge is 0.297 e. The number of Topliss-reactive ketones (excluding diaryl/α,β-unsaturated/α-hetero) is 1. The van der Waals surface area contributed by atoms with Crippen molar-refractivity contribution in [3.8, 4) is 0 Å². The molecule has 0 saturated heterocycles. The Hall–Kier alpha value is -1.16. The maximum Gasteiger partial charge on any atom is 0.200 e. The van der Waals surface area contributed by atoms with Gasteiger partial charge < -0.3 is 0 Å². The summed E-state index contributed by atoms with van der Waals surface area (Å²) in [5.74, 6) is 0.236. The number of hydrogen-bond donors (Lipinski definition) is 0. The third-order valence-electron chi connectivity index (χ3n) is 3.96. The van der Waals surface area contributed by atoms with Gasteiger partial charge in [0.25, 0.3) is 0 Å². The standard InChI is InChI=1S/C13H21N3O/c1-4-16-11(7-10-14-16)12(17)13(15(2)3)8-5-6-9-13/h7,10H,4-6,8-9H2,1-3H3. The molecule has 1 aromatic rings. The summed E-state index contributed by atoms with van der Waals surface area (Å²) in [7, 11) is 4.02. The number of ketones is 1. The first-order valence-corrected chi connectivity index (χ1v) is 6.36. The van der Waals surface area contributed by atoms with E-state index in [2.05, 4.69) is 10.00 Å². The highest BCUT2D eigenvalue weighted by atomic mass is 16.1. The molecule has 4 heteroatoms. The fourth-order valence-electron chi connectivity index (χ4n) is 2.85. The van der Waals surface area contributed by atoms with Crippen LogP contribution in [0.4, 0.5) is 0 Å². The highest BCUT2D eigenvalue weighted by Crippen LogP contribution is 2.36. The van der Waals surface area contributed by atoms with Gasteiger partial charge in [0.15, 0.2) is 0 Å². The van der Waals surface area contributed by atoms with Gasteiger partial charge in [0.1, 0.15) is 5.69 Å². The quantitative estimate of drug-likeness (QED) is 0.749. The molecular formula is C13H21N3O. The average Bonchev–Trinajstić information content (AvgIpc) is 2.97. The van der Waals surface area contributed by atoms with Crippen LogP contribution in [0.3, 0.4) is 0 Å². The van der Waals surface area contributed by atoms with Crippen LogP contribution in [0.1, 0.15) is 43.1 Å². The molecule has 1 aromatic heterocycles. The lowest BCUT2D eigenvalue weighted by molar-refractivity contribution is 0.0681. The van der Waals surface area contributed by atoms with E-state index in [0.29, 0.717) is 0 Å². The molecule has 1 aliphatic carbocycles. The fourth-order valence-corrected chi connectivity index (χ4v) is 2.85. The van der Waals surface area contributed by atoms with Crippen LogP contribution in [0, 0.1) is 0 Å². The van der Waals surface area contributed by atoms with Crippen molar-refractivity contribution in [1.29, 1.82) is 0 Å². The van der Waals surface area contributed by atoms with Crippen LogP contribution in [0.2, 0.25) is 0 Å². The molecule has 0 unspecified atom stereocenters. The molecule has 2 rings (SSSR count). The molecule has 1 aliphatic rings. The maximum atomic E-state index is 12.7. The van der Waals surface area contributed by atoms with E-state index in [1.807, 2.05) is 27.1 Å². The van der Waals surface area contributed by atoms with Crippen LogP contribution < -0.4 is 0 Å². The number of rotatable bonds is 4. The van der Waals surface area contributed by atoms with Crippen molar-refractivity contribution in [2.24, 2.45) is 0 Å². The Balaban J connectivity index is 2.35. The number of carbonyl (C=O) groups is 1. The van der Waals surface area contributed by atoms with Gasteiger partial charge in [-0.15, -0.1) is 0 Å². The minimum atomic E-state index is -0.299. The summed E-state index contributed by atoms with van der Waals surface area (Å²) in [5.41, 5.74) is 0.454. The second kappa shape index (κ2) is 4.61. The average molecular weight is 235 g/mol.